The van der Waals surface area contributed by atoms with E-state index in [-0.39, 0.29) is 25.2 Å². The van der Waals surface area contributed by atoms with Crippen LogP contribution in [0.3, 0.4) is 0 Å². The smallest absolute Gasteiger partial charge is 0.326 e. The molecule has 0 fully saturated rings. The van der Waals surface area contributed by atoms with Gasteiger partial charge in [0.1, 0.15) is 18.1 Å². The van der Waals surface area contributed by atoms with Crippen LogP contribution < -0.4 is 21.7 Å². The molecule has 1 aromatic heterocycles. The Balaban J connectivity index is 2.04. The fourth-order valence-electron chi connectivity index (χ4n) is 3.85. The van der Waals surface area contributed by atoms with E-state index in [1.54, 1.807) is 6.20 Å². The highest BCUT2D eigenvalue weighted by Crippen LogP contribution is 2.19. The first kappa shape index (κ1) is 30.1. The minimum Gasteiger partial charge on any atom is -0.480 e. The summed E-state index contributed by atoms with van der Waals surface area (Å²) in [6.45, 7) is 2.89. The Morgan fingerprint density at radius 3 is 2.24 bits per heavy atom. The zero-order valence-electron chi connectivity index (χ0n) is 21.3. The number of aliphatic hydroxyl groups is 1. The summed E-state index contributed by atoms with van der Waals surface area (Å²) in [5.74, 6) is -2.69. The molecular formula is C25H37N5O6S. The standard InChI is InChI=1S/C25H37N5O6S/c1-14(2)10-20(25(35)36)29-24(34)21(13-31)30-23(33)19(8-9-37-3)28-22(32)17(26)11-15-12-27-18-7-5-4-6-16(15)18/h4-7,12,14,17,19-21,27,31H,8-11,13,26H2,1-3H3,(H,28,32)(H,29,34)(H,30,33)(H,35,36). The molecule has 8 N–H and O–H groups in total. The lowest BCUT2D eigenvalue weighted by Crippen LogP contribution is -2.58. The molecule has 1 aromatic carbocycles. The average Bonchev–Trinajstić information content (AvgIpc) is 3.26. The van der Waals surface area contributed by atoms with E-state index in [0.717, 1.165) is 16.5 Å². The van der Waals surface area contributed by atoms with Crippen molar-refractivity contribution in [3.05, 3.63) is 36.0 Å². The number of carbonyl (C=O) groups is 4. The van der Waals surface area contributed by atoms with Gasteiger partial charge in [0.05, 0.1) is 12.6 Å². The molecule has 0 radical (unpaired) electrons. The number of hydrogen-bond donors (Lipinski definition) is 7. The second kappa shape index (κ2) is 14.6. The number of nitrogens with one attached hydrogen (secondary N) is 4. The van der Waals surface area contributed by atoms with Crippen LogP contribution in [0.5, 0.6) is 0 Å². The maximum atomic E-state index is 13.0. The van der Waals surface area contributed by atoms with Gasteiger partial charge in [0.25, 0.3) is 0 Å². The van der Waals surface area contributed by atoms with E-state index in [4.69, 9.17) is 5.73 Å². The number of thioether (sulfide) groups is 1. The maximum absolute atomic E-state index is 13.0. The van der Waals surface area contributed by atoms with E-state index in [1.165, 1.54) is 11.8 Å². The van der Waals surface area contributed by atoms with Gasteiger partial charge in [-0.25, -0.2) is 4.79 Å². The molecule has 0 bridgehead atoms. The number of fused-ring (bicyclic) bond motifs is 1. The summed E-state index contributed by atoms with van der Waals surface area (Å²) in [6, 6.07) is 3.18. The molecule has 0 aliphatic heterocycles. The highest BCUT2D eigenvalue weighted by molar-refractivity contribution is 7.98. The van der Waals surface area contributed by atoms with E-state index in [1.807, 2.05) is 44.4 Å². The van der Waals surface area contributed by atoms with Gasteiger partial charge in [0.2, 0.25) is 17.7 Å². The number of H-pyrrole nitrogens is 1. The summed E-state index contributed by atoms with van der Waals surface area (Å²) in [6.07, 6.45) is 4.35. The predicted octanol–water partition coefficient (Wildman–Crippen LogP) is 0.368. The van der Waals surface area contributed by atoms with Crippen LogP contribution in [0, 0.1) is 5.92 Å². The molecule has 0 aliphatic carbocycles. The van der Waals surface area contributed by atoms with E-state index >= 15 is 0 Å². The number of carboxylic acid groups (broad SMARTS) is 1. The number of carbonyl (C=O) groups excluding carboxylic acids is 3. The zero-order chi connectivity index (χ0) is 27.5. The van der Waals surface area contributed by atoms with Crippen LogP contribution >= 0.6 is 11.8 Å². The van der Waals surface area contributed by atoms with Gasteiger partial charge in [-0.3, -0.25) is 14.4 Å². The SMILES string of the molecule is CSCCC(NC(=O)C(N)Cc1c[nH]c2ccccc12)C(=O)NC(CO)C(=O)NC(CC(C)C)C(=O)O. The molecule has 0 saturated carbocycles. The highest BCUT2D eigenvalue weighted by Gasteiger charge is 2.30. The fraction of sp³-hybridized carbons (Fsp3) is 0.520. The number of aliphatic carboxylic acids is 1. The summed E-state index contributed by atoms with van der Waals surface area (Å²) in [5.41, 5.74) is 7.95. The van der Waals surface area contributed by atoms with Crippen molar-refractivity contribution in [3.8, 4) is 0 Å². The molecule has 0 spiro atoms. The molecule has 12 heteroatoms. The Kier molecular flexibility index (Phi) is 11.9. The number of aromatic amines is 1. The molecule has 0 saturated heterocycles. The summed E-state index contributed by atoms with van der Waals surface area (Å²) >= 11 is 1.48. The number of aromatic nitrogens is 1. The molecule has 1 heterocycles. The minimum absolute atomic E-state index is 0.00293. The fourth-order valence-corrected chi connectivity index (χ4v) is 4.32. The molecule has 4 atom stereocenters. The largest absolute Gasteiger partial charge is 0.480 e. The Bertz CT molecular complexity index is 1070. The van der Waals surface area contributed by atoms with Crippen molar-refractivity contribution in [2.24, 2.45) is 11.7 Å². The van der Waals surface area contributed by atoms with E-state index < -0.39 is 54.5 Å². The Morgan fingerprint density at radius 2 is 1.62 bits per heavy atom. The minimum atomic E-state index is -1.38. The predicted molar refractivity (Wildman–Crippen MR) is 143 cm³/mol. The van der Waals surface area contributed by atoms with Gasteiger partial charge in [0, 0.05) is 17.1 Å². The van der Waals surface area contributed by atoms with E-state index in [0.29, 0.717) is 5.75 Å². The average molecular weight is 536 g/mol. The second-order valence-corrected chi connectivity index (χ2v) is 10.3. The Labute approximate surface area is 220 Å². The number of nitrogens with two attached hydrogens (primary N) is 1. The molecule has 11 nitrogen and oxygen atoms in total. The number of rotatable bonds is 15. The van der Waals surface area contributed by atoms with Crippen LogP contribution in [0.15, 0.2) is 30.5 Å². The quantitative estimate of drug-likeness (QED) is 0.170. The van der Waals surface area contributed by atoms with Gasteiger partial charge in [0.15, 0.2) is 0 Å². The first-order valence-corrected chi connectivity index (χ1v) is 13.5. The van der Waals surface area contributed by atoms with Crippen molar-refractivity contribution < 1.29 is 29.4 Å². The van der Waals surface area contributed by atoms with Crippen LogP contribution in [-0.4, -0.2) is 81.7 Å². The van der Waals surface area contributed by atoms with Gasteiger partial charge < -0.3 is 36.9 Å². The van der Waals surface area contributed by atoms with Crippen LogP contribution in [0.2, 0.25) is 0 Å². The van der Waals surface area contributed by atoms with Crippen molar-refractivity contribution in [1.82, 2.24) is 20.9 Å². The third kappa shape index (κ3) is 9.06. The number of benzene rings is 1. The molecule has 4 unspecified atom stereocenters. The lowest BCUT2D eigenvalue weighted by atomic mass is 10.0. The molecule has 37 heavy (non-hydrogen) atoms. The molecule has 0 aliphatic rings. The normalized spacial score (nSPS) is 14.5. The van der Waals surface area contributed by atoms with Crippen molar-refractivity contribution in [1.29, 1.82) is 0 Å². The molecule has 204 valence electrons. The lowest BCUT2D eigenvalue weighted by Gasteiger charge is -2.24. The monoisotopic (exact) mass is 535 g/mol. The second-order valence-electron chi connectivity index (χ2n) is 9.29. The van der Waals surface area contributed by atoms with E-state index in [9.17, 15) is 29.4 Å². The van der Waals surface area contributed by atoms with Crippen LogP contribution in [-0.2, 0) is 25.6 Å². The van der Waals surface area contributed by atoms with Gasteiger partial charge >= 0.3 is 5.97 Å². The highest BCUT2D eigenvalue weighted by atomic mass is 32.2. The van der Waals surface area contributed by atoms with Gasteiger partial charge in [-0.05, 0) is 48.8 Å². The maximum Gasteiger partial charge on any atom is 0.326 e. The molecule has 2 aromatic rings. The van der Waals surface area contributed by atoms with Crippen molar-refractivity contribution in [2.75, 3.05) is 18.6 Å². The van der Waals surface area contributed by atoms with Gasteiger partial charge in [-0.2, -0.15) is 11.8 Å². The summed E-state index contributed by atoms with van der Waals surface area (Å²) < 4.78 is 0. The van der Waals surface area contributed by atoms with Crippen molar-refractivity contribution >= 4 is 46.4 Å². The topological polar surface area (TPSA) is 187 Å². The number of aliphatic hydroxyl groups excluding tert-OH is 1. The van der Waals surface area contributed by atoms with Crippen LogP contribution in [0.1, 0.15) is 32.3 Å². The third-order valence-corrected chi connectivity index (χ3v) is 6.48. The van der Waals surface area contributed by atoms with Crippen LogP contribution in [0.4, 0.5) is 0 Å². The first-order chi connectivity index (χ1) is 17.6. The lowest BCUT2D eigenvalue weighted by molar-refractivity contribution is -0.143. The summed E-state index contributed by atoms with van der Waals surface area (Å²) in [5, 5.41) is 27.5. The number of amides is 3. The Morgan fingerprint density at radius 1 is 1.00 bits per heavy atom. The summed E-state index contributed by atoms with van der Waals surface area (Å²) in [7, 11) is 0. The zero-order valence-corrected chi connectivity index (χ0v) is 22.1. The van der Waals surface area contributed by atoms with E-state index in [2.05, 4.69) is 20.9 Å². The van der Waals surface area contributed by atoms with Crippen molar-refractivity contribution in [3.63, 3.8) is 0 Å². The number of hydrogen-bond acceptors (Lipinski definition) is 7. The van der Waals surface area contributed by atoms with Crippen molar-refractivity contribution in [2.45, 2.75) is 57.3 Å². The number of para-hydroxylation sites is 1. The van der Waals surface area contributed by atoms with Gasteiger partial charge in [-0.15, -0.1) is 0 Å². The Hall–Kier alpha value is -3.09. The molecule has 2 rings (SSSR count). The van der Waals surface area contributed by atoms with Crippen LogP contribution in [0.25, 0.3) is 10.9 Å². The first-order valence-electron chi connectivity index (χ1n) is 12.1. The molecular weight excluding hydrogens is 498 g/mol. The summed E-state index contributed by atoms with van der Waals surface area (Å²) in [4.78, 5) is 53.1. The molecule has 3 amide bonds. The third-order valence-electron chi connectivity index (χ3n) is 5.83. The number of carboxylic acids is 1. The van der Waals surface area contributed by atoms with Gasteiger partial charge in [-0.1, -0.05) is 32.0 Å².